The minimum Gasteiger partial charge on any atom is -0.507 e. The molecule has 1 amide bonds. The Bertz CT molecular complexity index is 1000. The zero-order valence-electron chi connectivity index (χ0n) is 19.6. The first-order valence-corrected chi connectivity index (χ1v) is 10.8. The molecule has 0 aliphatic carbocycles. The van der Waals surface area contributed by atoms with Gasteiger partial charge in [-0.15, -0.1) is 0 Å². The number of aliphatic hydroxyl groups is 1. The molecule has 1 atom stereocenters. The molecule has 8 heteroatoms. The molecule has 1 aliphatic rings. The molecule has 1 fully saturated rings. The lowest BCUT2D eigenvalue weighted by molar-refractivity contribution is -0.139. The summed E-state index contributed by atoms with van der Waals surface area (Å²) < 4.78 is 5.73. The number of Topliss-reactive ketones (excluding diaryl/α,β-unsaturated/α-hetero) is 1. The summed E-state index contributed by atoms with van der Waals surface area (Å²) in [7, 11) is 3.92. The van der Waals surface area contributed by atoms with Gasteiger partial charge in [-0.1, -0.05) is 12.1 Å². The van der Waals surface area contributed by atoms with Crippen LogP contribution in [0.25, 0.3) is 5.76 Å². The molecule has 2 heterocycles. The van der Waals surface area contributed by atoms with Crippen molar-refractivity contribution in [1.29, 1.82) is 0 Å². The predicted molar refractivity (Wildman–Crippen MR) is 122 cm³/mol. The van der Waals surface area contributed by atoms with Crippen molar-refractivity contribution in [2.24, 2.45) is 0 Å². The van der Waals surface area contributed by atoms with Crippen LogP contribution in [0.2, 0.25) is 0 Å². The molecule has 2 N–H and O–H groups in total. The number of benzene rings is 1. The molecular formula is C24H32N4O4. The monoisotopic (exact) mass is 440 g/mol. The maximum Gasteiger partial charge on any atom is 0.295 e. The number of aryl methyl sites for hydroxylation is 2. The highest BCUT2D eigenvalue weighted by Crippen LogP contribution is 2.40. The van der Waals surface area contributed by atoms with E-state index in [0.29, 0.717) is 35.7 Å². The standard InChI is InChI=1S/C24H32N4O4/c1-14(2)32-18-10-8-17(9-11-18)21-20(22(29)19-15(3)25-26-16(19)4)23(30)24(31)28(21)13-7-12-27(5)6/h8-11,14,21,29H,7,12-13H2,1-6H3,(H,25,26)/b22-20+/t21-/m0/s1. The van der Waals surface area contributed by atoms with Crippen molar-refractivity contribution in [1.82, 2.24) is 20.0 Å². The maximum atomic E-state index is 13.1. The molecule has 0 bridgehead atoms. The van der Waals surface area contributed by atoms with Crippen LogP contribution in [0.1, 0.15) is 48.8 Å². The number of aromatic amines is 1. The Labute approximate surface area is 188 Å². The lowest BCUT2D eigenvalue weighted by atomic mass is 9.94. The van der Waals surface area contributed by atoms with Crippen LogP contribution in [0.15, 0.2) is 29.8 Å². The molecule has 1 aromatic carbocycles. The molecule has 32 heavy (non-hydrogen) atoms. The number of nitrogens with one attached hydrogen (secondary N) is 1. The molecule has 1 aliphatic heterocycles. The van der Waals surface area contributed by atoms with E-state index in [2.05, 4.69) is 10.2 Å². The van der Waals surface area contributed by atoms with Crippen LogP contribution in [0.5, 0.6) is 5.75 Å². The van der Waals surface area contributed by atoms with E-state index < -0.39 is 17.7 Å². The number of carbonyl (C=O) groups is 2. The summed E-state index contributed by atoms with van der Waals surface area (Å²) in [6.07, 6.45) is 0.735. The maximum absolute atomic E-state index is 13.1. The second kappa shape index (κ2) is 9.56. The van der Waals surface area contributed by atoms with Gasteiger partial charge >= 0.3 is 0 Å². The van der Waals surface area contributed by atoms with Crippen LogP contribution in [0.3, 0.4) is 0 Å². The first-order valence-electron chi connectivity index (χ1n) is 10.8. The summed E-state index contributed by atoms with van der Waals surface area (Å²) in [5.41, 5.74) is 2.49. The number of carbonyl (C=O) groups excluding carboxylic acids is 2. The minimum absolute atomic E-state index is 0.0320. The number of amides is 1. The Morgan fingerprint density at radius 2 is 1.88 bits per heavy atom. The van der Waals surface area contributed by atoms with Crippen LogP contribution >= 0.6 is 0 Å². The van der Waals surface area contributed by atoms with Crippen LogP contribution in [0.4, 0.5) is 0 Å². The smallest absolute Gasteiger partial charge is 0.295 e. The van der Waals surface area contributed by atoms with Crippen LogP contribution < -0.4 is 4.74 Å². The van der Waals surface area contributed by atoms with Crippen LogP contribution in [0, 0.1) is 13.8 Å². The molecule has 1 aromatic heterocycles. The predicted octanol–water partition coefficient (Wildman–Crippen LogP) is 3.19. The highest BCUT2D eigenvalue weighted by molar-refractivity contribution is 6.46. The molecule has 0 saturated carbocycles. The highest BCUT2D eigenvalue weighted by Gasteiger charge is 2.46. The van der Waals surface area contributed by atoms with E-state index in [4.69, 9.17) is 4.74 Å². The third kappa shape index (κ3) is 4.70. The van der Waals surface area contributed by atoms with Crippen molar-refractivity contribution in [2.75, 3.05) is 27.2 Å². The number of H-pyrrole nitrogens is 1. The van der Waals surface area contributed by atoms with Crippen LogP contribution in [-0.4, -0.2) is 70.1 Å². The quantitative estimate of drug-likeness (QED) is 0.372. The van der Waals surface area contributed by atoms with Gasteiger partial charge in [0.05, 0.1) is 29.0 Å². The fourth-order valence-electron chi connectivity index (χ4n) is 4.05. The second-order valence-corrected chi connectivity index (χ2v) is 8.69. The fourth-order valence-corrected chi connectivity index (χ4v) is 4.05. The number of rotatable bonds is 8. The van der Waals surface area contributed by atoms with E-state index in [1.54, 1.807) is 18.7 Å². The molecule has 8 nitrogen and oxygen atoms in total. The van der Waals surface area contributed by atoms with E-state index >= 15 is 0 Å². The Hall–Kier alpha value is -3.13. The average Bonchev–Trinajstić information content (AvgIpc) is 3.18. The summed E-state index contributed by atoms with van der Waals surface area (Å²) in [5.74, 6) is -0.777. The number of ether oxygens (including phenoxy) is 1. The van der Waals surface area contributed by atoms with Gasteiger partial charge in [-0.2, -0.15) is 5.10 Å². The van der Waals surface area contributed by atoms with E-state index in [0.717, 1.165) is 12.1 Å². The second-order valence-electron chi connectivity index (χ2n) is 8.69. The van der Waals surface area contributed by atoms with Gasteiger partial charge < -0.3 is 19.6 Å². The molecule has 1 saturated heterocycles. The normalized spacial score (nSPS) is 18.2. The van der Waals surface area contributed by atoms with E-state index in [9.17, 15) is 14.7 Å². The van der Waals surface area contributed by atoms with Crippen molar-refractivity contribution >= 4 is 17.4 Å². The Morgan fingerprint density at radius 3 is 2.41 bits per heavy atom. The number of hydrogen-bond donors (Lipinski definition) is 2. The Balaban J connectivity index is 2.08. The summed E-state index contributed by atoms with van der Waals surface area (Å²) in [6, 6.07) is 6.65. The van der Waals surface area contributed by atoms with Gasteiger partial charge in [0.2, 0.25) is 0 Å². The van der Waals surface area contributed by atoms with Gasteiger partial charge in [-0.25, -0.2) is 0 Å². The molecule has 0 unspecified atom stereocenters. The highest BCUT2D eigenvalue weighted by atomic mass is 16.5. The lowest BCUT2D eigenvalue weighted by Crippen LogP contribution is -2.32. The van der Waals surface area contributed by atoms with Gasteiger partial charge in [0.25, 0.3) is 11.7 Å². The Morgan fingerprint density at radius 1 is 1.22 bits per heavy atom. The van der Waals surface area contributed by atoms with Gasteiger partial charge in [-0.05, 0) is 72.5 Å². The summed E-state index contributed by atoms with van der Waals surface area (Å²) >= 11 is 0. The zero-order valence-corrected chi connectivity index (χ0v) is 19.6. The number of aliphatic hydroxyl groups excluding tert-OH is 1. The third-order valence-corrected chi connectivity index (χ3v) is 5.48. The molecule has 3 rings (SSSR count). The number of likely N-dealkylation sites (tertiary alicyclic amines) is 1. The van der Waals surface area contributed by atoms with E-state index in [1.807, 2.05) is 57.1 Å². The number of nitrogens with zero attached hydrogens (tertiary/aromatic N) is 3. The largest absolute Gasteiger partial charge is 0.507 e. The first kappa shape index (κ1) is 23.5. The van der Waals surface area contributed by atoms with Gasteiger partial charge in [0, 0.05) is 12.2 Å². The lowest BCUT2D eigenvalue weighted by Gasteiger charge is -2.26. The van der Waals surface area contributed by atoms with Gasteiger partial charge in [0.15, 0.2) is 0 Å². The first-order chi connectivity index (χ1) is 15.1. The van der Waals surface area contributed by atoms with Crippen LogP contribution in [-0.2, 0) is 9.59 Å². The zero-order chi connectivity index (χ0) is 23.6. The summed E-state index contributed by atoms with van der Waals surface area (Å²) in [5, 5.41) is 18.1. The summed E-state index contributed by atoms with van der Waals surface area (Å²) in [4.78, 5) is 29.7. The van der Waals surface area contributed by atoms with Crippen molar-refractivity contribution in [3.05, 3.63) is 52.4 Å². The Kier molecular flexibility index (Phi) is 7.03. The molecular weight excluding hydrogens is 408 g/mol. The van der Waals surface area contributed by atoms with Gasteiger partial charge in [-0.3, -0.25) is 14.7 Å². The van der Waals surface area contributed by atoms with E-state index in [1.165, 1.54) is 0 Å². The van der Waals surface area contributed by atoms with Gasteiger partial charge in [0.1, 0.15) is 11.5 Å². The molecule has 0 radical (unpaired) electrons. The number of hydrogen-bond acceptors (Lipinski definition) is 6. The SMILES string of the molecule is Cc1n[nH]c(C)c1/C(O)=C1\C(=O)C(=O)N(CCCN(C)C)[C@H]1c1ccc(OC(C)C)cc1. The number of ketones is 1. The molecule has 0 spiro atoms. The third-order valence-electron chi connectivity index (χ3n) is 5.48. The van der Waals surface area contributed by atoms with Crippen molar-refractivity contribution in [3.63, 3.8) is 0 Å². The number of aromatic nitrogens is 2. The molecule has 2 aromatic rings. The fraction of sp³-hybridized carbons (Fsp3) is 0.458. The average molecular weight is 441 g/mol. The van der Waals surface area contributed by atoms with Crippen molar-refractivity contribution < 1.29 is 19.4 Å². The topological polar surface area (TPSA) is 98.8 Å². The van der Waals surface area contributed by atoms with Crippen molar-refractivity contribution in [2.45, 2.75) is 46.3 Å². The van der Waals surface area contributed by atoms with Crippen molar-refractivity contribution in [3.8, 4) is 5.75 Å². The molecule has 172 valence electrons. The summed E-state index contributed by atoms with van der Waals surface area (Å²) in [6.45, 7) is 8.59. The van der Waals surface area contributed by atoms with E-state index in [-0.39, 0.29) is 17.4 Å². The minimum atomic E-state index is -0.682.